The molecule has 0 aromatic heterocycles. The first kappa shape index (κ1) is 15.8. The Kier molecular flexibility index (Phi) is 4.81. The van der Waals surface area contributed by atoms with Gasteiger partial charge in [-0.15, -0.1) is 0 Å². The first-order chi connectivity index (χ1) is 8.70. The number of alkyl halides is 3. The van der Waals surface area contributed by atoms with Gasteiger partial charge in [-0.05, 0) is 31.0 Å². The van der Waals surface area contributed by atoms with Gasteiger partial charge in [0.05, 0.1) is 10.6 Å². The molecule has 108 valence electrons. The van der Waals surface area contributed by atoms with Gasteiger partial charge in [0.1, 0.15) is 0 Å². The summed E-state index contributed by atoms with van der Waals surface area (Å²) in [5.41, 5.74) is -5.04. The van der Waals surface area contributed by atoms with Crippen LogP contribution in [0.1, 0.15) is 12.0 Å². The van der Waals surface area contributed by atoms with E-state index in [-0.39, 0.29) is 18.8 Å². The van der Waals surface area contributed by atoms with Crippen molar-refractivity contribution in [3.63, 3.8) is 0 Å². The highest BCUT2D eigenvalue weighted by Crippen LogP contribution is 2.34. The van der Waals surface area contributed by atoms with Gasteiger partial charge < -0.3 is 10.4 Å². The van der Waals surface area contributed by atoms with Crippen LogP contribution < -0.4 is 5.32 Å². The van der Waals surface area contributed by atoms with Crippen molar-refractivity contribution in [2.24, 2.45) is 0 Å². The Hall–Kier alpha value is -1.28. The van der Waals surface area contributed by atoms with Crippen LogP contribution in [0.3, 0.4) is 0 Å². The van der Waals surface area contributed by atoms with Gasteiger partial charge in [0.2, 0.25) is 0 Å². The molecule has 4 nitrogen and oxygen atoms in total. The molecule has 1 aromatic carbocycles. The van der Waals surface area contributed by atoms with Crippen LogP contribution in [0.5, 0.6) is 0 Å². The Balaban J connectivity index is 3.22. The van der Waals surface area contributed by atoms with Crippen molar-refractivity contribution in [1.82, 2.24) is 0 Å². The molecule has 0 saturated carbocycles. The zero-order valence-corrected chi connectivity index (χ0v) is 11.0. The number of rotatable bonds is 5. The fourth-order valence-electron chi connectivity index (χ4n) is 1.42. The van der Waals surface area contributed by atoms with E-state index in [1.54, 1.807) is 0 Å². The van der Waals surface area contributed by atoms with E-state index in [9.17, 15) is 21.6 Å². The van der Waals surface area contributed by atoms with Crippen molar-refractivity contribution in [2.75, 3.05) is 18.5 Å². The number of nitrogens with one attached hydrogen (secondary N) is 1. The topological polar surface area (TPSA) is 66.4 Å². The summed E-state index contributed by atoms with van der Waals surface area (Å²) in [4.78, 5) is -0.794. The van der Waals surface area contributed by atoms with Crippen molar-refractivity contribution in [3.8, 4) is 0 Å². The second-order valence-corrected chi connectivity index (χ2v) is 5.86. The molecule has 0 bridgehead atoms. The largest absolute Gasteiger partial charge is 0.501 e. The standard InChI is InChI=1S/C11H14F3NO3S/c1-8-3-4-9(15-5-2-6-16)10(7-8)19(17,18)11(12,13)14/h3-4,7,15-16H,2,5-6H2,1H3. The van der Waals surface area contributed by atoms with Gasteiger partial charge in [0.15, 0.2) is 0 Å². The van der Waals surface area contributed by atoms with Gasteiger partial charge in [-0.1, -0.05) is 6.07 Å². The number of aryl methyl sites for hydroxylation is 1. The summed E-state index contributed by atoms with van der Waals surface area (Å²) < 4.78 is 60.6. The van der Waals surface area contributed by atoms with Crippen LogP contribution in [-0.4, -0.2) is 32.2 Å². The van der Waals surface area contributed by atoms with Crippen molar-refractivity contribution in [1.29, 1.82) is 0 Å². The predicted molar refractivity (Wildman–Crippen MR) is 64.6 cm³/mol. The lowest BCUT2D eigenvalue weighted by Gasteiger charge is -2.14. The highest BCUT2D eigenvalue weighted by atomic mass is 32.2. The van der Waals surface area contributed by atoms with Crippen molar-refractivity contribution >= 4 is 15.5 Å². The van der Waals surface area contributed by atoms with Crippen LogP contribution in [0.4, 0.5) is 18.9 Å². The molecule has 0 aliphatic heterocycles. The molecule has 1 aromatic rings. The lowest BCUT2D eigenvalue weighted by Crippen LogP contribution is -2.24. The molecule has 0 saturated heterocycles. The molecule has 0 heterocycles. The summed E-state index contributed by atoms with van der Waals surface area (Å²) in [6.45, 7) is 1.55. The average Bonchev–Trinajstić information content (AvgIpc) is 2.29. The molecule has 0 radical (unpaired) electrons. The fraction of sp³-hybridized carbons (Fsp3) is 0.455. The van der Waals surface area contributed by atoms with Gasteiger partial charge >= 0.3 is 5.51 Å². The molecule has 0 aliphatic rings. The summed E-state index contributed by atoms with van der Waals surface area (Å²) in [5.74, 6) is 0. The van der Waals surface area contributed by atoms with Crippen LogP contribution in [0.2, 0.25) is 0 Å². The fourth-order valence-corrected chi connectivity index (χ4v) is 2.44. The summed E-state index contributed by atoms with van der Waals surface area (Å²) in [6.07, 6.45) is 0.305. The van der Waals surface area contributed by atoms with Crippen LogP contribution in [0.25, 0.3) is 0 Å². The molecule has 0 unspecified atom stereocenters. The second kappa shape index (κ2) is 5.79. The van der Waals surface area contributed by atoms with E-state index in [1.165, 1.54) is 19.1 Å². The van der Waals surface area contributed by atoms with Crippen LogP contribution in [-0.2, 0) is 9.84 Å². The van der Waals surface area contributed by atoms with Crippen LogP contribution in [0.15, 0.2) is 23.1 Å². The Morgan fingerprint density at radius 2 is 1.95 bits per heavy atom. The normalized spacial score (nSPS) is 12.5. The molecule has 2 N–H and O–H groups in total. The number of aliphatic hydroxyl groups excluding tert-OH is 1. The van der Waals surface area contributed by atoms with E-state index < -0.39 is 20.2 Å². The SMILES string of the molecule is Cc1ccc(NCCCO)c(S(=O)(=O)C(F)(F)F)c1. The van der Waals surface area contributed by atoms with Crippen molar-refractivity contribution < 1.29 is 26.7 Å². The lowest BCUT2D eigenvalue weighted by atomic mass is 10.2. The summed E-state index contributed by atoms with van der Waals surface area (Å²) in [7, 11) is -5.39. The molecular weight excluding hydrogens is 283 g/mol. The molecule has 19 heavy (non-hydrogen) atoms. The molecule has 1 rings (SSSR count). The third kappa shape index (κ3) is 3.60. The predicted octanol–water partition coefficient (Wildman–Crippen LogP) is 2.08. The van der Waals surface area contributed by atoms with E-state index in [2.05, 4.69) is 5.32 Å². The summed E-state index contributed by atoms with van der Waals surface area (Å²) in [6, 6.07) is 3.77. The third-order valence-corrected chi connectivity index (χ3v) is 3.91. The average molecular weight is 297 g/mol. The monoisotopic (exact) mass is 297 g/mol. The van der Waals surface area contributed by atoms with E-state index in [4.69, 9.17) is 5.11 Å². The number of benzene rings is 1. The quantitative estimate of drug-likeness (QED) is 0.817. The number of hydrogen-bond acceptors (Lipinski definition) is 4. The van der Waals surface area contributed by atoms with Crippen LogP contribution in [0, 0.1) is 6.92 Å². The number of sulfone groups is 1. The van der Waals surface area contributed by atoms with E-state index in [1.807, 2.05) is 0 Å². The summed E-state index contributed by atoms with van der Waals surface area (Å²) in [5, 5.41) is 11.2. The molecular formula is C11H14F3NO3S. The zero-order chi connectivity index (χ0) is 14.7. The van der Waals surface area contributed by atoms with E-state index in [0.717, 1.165) is 6.07 Å². The van der Waals surface area contributed by atoms with Gasteiger partial charge in [0.25, 0.3) is 9.84 Å². The Bertz CT molecular complexity index is 541. The highest BCUT2D eigenvalue weighted by Gasteiger charge is 2.48. The molecule has 0 spiro atoms. The number of aliphatic hydroxyl groups is 1. The minimum atomic E-state index is -5.39. The first-order valence-corrected chi connectivity index (χ1v) is 6.95. The van der Waals surface area contributed by atoms with Gasteiger partial charge in [-0.3, -0.25) is 0 Å². The molecule has 0 fully saturated rings. The minimum Gasteiger partial charge on any atom is -0.396 e. The van der Waals surface area contributed by atoms with Crippen molar-refractivity contribution in [2.45, 2.75) is 23.7 Å². The maximum atomic E-state index is 12.6. The number of anilines is 1. The molecule has 0 amide bonds. The smallest absolute Gasteiger partial charge is 0.396 e. The Morgan fingerprint density at radius 1 is 1.32 bits per heavy atom. The van der Waals surface area contributed by atoms with E-state index >= 15 is 0 Å². The van der Waals surface area contributed by atoms with Gasteiger partial charge in [0, 0.05) is 13.2 Å². The van der Waals surface area contributed by atoms with E-state index in [0.29, 0.717) is 12.0 Å². The second-order valence-electron chi connectivity index (χ2n) is 3.95. The lowest BCUT2D eigenvalue weighted by molar-refractivity contribution is -0.0435. The zero-order valence-electron chi connectivity index (χ0n) is 10.2. The third-order valence-electron chi connectivity index (χ3n) is 2.38. The van der Waals surface area contributed by atoms with Crippen molar-refractivity contribution in [3.05, 3.63) is 23.8 Å². The Morgan fingerprint density at radius 3 is 2.47 bits per heavy atom. The molecule has 0 aliphatic carbocycles. The number of halogens is 3. The highest BCUT2D eigenvalue weighted by molar-refractivity contribution is 7.92. The number of hydrogen-bond donors (Lipinski definition) is 2. The van der Waals surface area contributed by atoms with Gasteiger partial charge in [-0.2, -0.15) is 13.2 Å². The van der Waals surface area contributed by atoms with Gasteiger partial charge in [-0.25, -0.2) is 8.42 Å². The summed E-state index contributed by atoms with van der Waals surface area (Å²) >= 11 is 0. The molecule has 8 heteroatoms. The first-order valence-electron chi connectivity index (χ1n) is 5.47. The maximum Gasteiger partial charge on any atom is 0.501 e. The minimum absolute atomic E-state index is 0.114. The molecule has 0 atom stereocenters. The Labute approximate surface area is 109 Å². The maximum absolute atomic E-state index is 12.6. The van der Waals surface area contributed by atoms with Crippen LogP contribution >= 0.6 is 0 Å².